The van der Waals surface area contributed by atoms with Gasteiger partial charge in [-0.25, -0.2) is 0 Å². The Morgan fingerprint density at radius 2 is 1.50 bits per heavy atom. The Morgan fingerprint density at radius 3 is 1.83 bits per heavy atom. The summed E-state index contributed by atoms with van der Waals surface area (Å²) in [4.78, 5) is 22.2. The van der Waals surface area contributed by atoms with Crippen molar-refractivity contribution >= 4 is 11.9 Å². The smallest absolute Gasteiger partial charge is 0.549 e. The first-order valence-corrected chi connectivity index (χ1v) is 5.04. The fourth-order valence-electron chi connectivity index (χ4n) is 1.77. The average Bonchev–Trinajstić information content (AvgIpc) is 2.26. The van der Waals surface area contributed by atoms with Crippen molar-refractivity contribution in [1.29, 1.82) is 0 Å². The zero-order chi connectivity index (χ0) is 12.2. The van der Waals surface area contributed by atoms with Crippen LogP contribution in [-0.2, 0) is 15.0 Å². The Balaban J connectivity index is 0. The SMILES string of the molecule is CCCC(C(=O)[O-])(C(=O)[O-])c1ccccc1.[Li+].[Li+]. The summed E-state index contributed by atoms with van der Waals surface area (Å²) in [6.45, 7) is 1.71. The summed E-state index contributed by atoms with van der Waals surface area (Å²) in [5.74, 6) is -3.25. The Bertz CT molecular complexity index is 378. The molecule has 6 heteroatoms. The third-order valence-electron chi connectivity index (χ3n) is 2.59. The molecule has 0 unspecified atom stereocenters. The van der Waals surface area contributed by atoms with E-state index in [1.165, 1.54) is 12.1 Å². The Kier molecular flexibility index (Phi) is 9.25. The number of carboxylic acid groups (broad SMARTS) is 2. The van der Waals surface area contributed by atoms with Gasteiger partial charge in [-0.05, 0) is 12.0 Å². The van der Waals surface area contributed by atoms with Gasteiger partial charge in [0.25, 0.3) is 0 Å². The van der Waals surface area contributed by atoms with Crippen molar-refractivity contribution in [3.05, 3.63) is 35.9 Å². The van der Waals surface area contributed by atoms with E-state index in [1.807, 2.05) is 0 Å². The van der Waals surface area contributed by atoms with Crippen molar-refractivity contribution in [2.45, 2.75) is 25.2 Å². The average molecular weight is 234 g/mol. The van der Waals surface area contributed by atoms with E-state index in [0.29, 0.717) is 6.42 Å². The molecule has 1 aromatic carbocycles. The van der Waals surface area contributed by atoms with Crippen LogP contribution in [0.5, 0.6) is 0 Å². The van der Waals surface area contributed by atoms with E-state index >= 15 is 0 Å². The molecular weight excluding hydrogens is 222 g/mol. The molecule has 0 aliphatic rings. The van der Waals surface area contributed by atoms with Crippen molar-refractivity contribution < 1.29 is 57.5 Å². The minimum absolute atomic E-state index is 0. The summed E-state index contributed by atoms with van der Waals surface area (Å²) in [6, 6.07) is 7.78. The summed E-state index contributed by atoms with van der Waals surface area (Å²) in [7, 11) is 0. The topological polar surface area (TPSA) is 80.3 Å². The fourth-order valence-corrected chi connectivity index (χ4v) is 1.77. The molecule has 0 amide bonds. The maximum absolute atomic E-state index is 11.1. The molecule has 0 radical (unpaired) electrons. The number of carbonyl (C=O) groups is 2. The number of rotatable bonds is 5. The van der Waals surface area contributed by atoms with E-state index in [0.717, 1.165) is 0 Å². The number of hydrogen-bond acceptors (Lipinski definition) is 4. The second-order valence-electron chi connectivity index (χ2n) is 3.60. The van der Waals surface area contributed by atoms with Crippen molar-refractivity contribution in [1.82, 2.24) is 0 Å². The molecule has 0 aromatic heterocycles. The molecule has 0 aliphatic heterocycles. The van der Waals surface area contributed by atoms with Crippen LogP contribution in [0.4, 0.5) is 0 Å². The number of carbonyl (C=O) groups excluding carboxylic acids is 2. The summed E-state index contributed by atoms with van der Waals surface area (Å²) in [5.41, 5.74) is -1.85. The third-order valence-corrected chi connectivity index (χ3v) is 2.59. The molecule has 0 bridgehead atoms. The van der Waals surface area contributed by atoms with Gasteiger partial charge in [0.2, 0.25) is 0 Å². The minimum Gasteiger partial charge on any atom is -0.549 e. The predicted octanol–water partition coefficient (Wildman–Crippen LogP) is -6.77. The number of benzene rings is 1. The van der Waals surface area contributed by atoms with E-state index in [-0.39, 0.29) is 49.7 Å². The van der Waals surface area contributed by atoms with Crippen molar-refractivity contribution in [2.24, 2.45) is 0 Å². The van der Waals surface area contributed by atoms with E-state index in [2.05, 4.69) is 0 Å². The van der Waals surface area contributed by atoms with Gasteiger partial charge in [0, 0.05) is 0 Å². The van der Waals surface area contributed by atoms with Crippen LogP contribution in [-0.4, -0.2) is 11.9 Å². The van der Waals surface area contributed by atoms with Gasteiger partial charge in [-0.3, -0.25) is 0 Å². The fraction of sp³-hybridized carbons (Fsp3) is 0.333. The molecule has 0 atom stereocenters. The molecule has 1 aromatic rings. The van der Waals surface area contributed by atoms with E-state index in [9.17, 15) is 19.8 Å². The molecule has 0 aliphatic carbocycles. The Labute approximate surface area is 130 Å². The van der Waals surface area contributed by atoms with Gasteiger partial charge in [0.05, 0.1) is 17.4 Å². The molecule has 0 heterocycles. The molecule has 18 heavy (non-hydrogen) atoms. The van der Waals surface area contributed by atoms with Gasteiger partial charge in [0.1, 0.15) is 0 Å². The van der Waals surface area contributed by atoms with E-state index in [4.69, 9.17) is 0 Å². The summed E-state index contributed by atoms with van der Waals surface area (Å²) >= 11 is 0. The second-order valence-corrected chi connectivity index (χ2v) is 3.60. The second kappa shape index (κ2) is 8.46. The van der Waals surface area contributed by atoms with Crippen molar-refractivity contribution in [2.75, 3.05) is 0 Å². The van der Waals surface area contributed by atoms with Gasteiger partial charge in [0.15, 0.2) is 0 Å². The maximum atomic E-state index is 11.1. The third kappa shape index (κ3) is 3.67. The van der Waals surface area contributed by atoms with Gasteiger partial charge < -0.3 is 19.8 Å². The van der Waals surface area contributed by atoms with Crippen molar-refractivity contribution in [3.8, 4) is 0 Å². The van der Waals surface area contributed by atoms with Crippen LogP contribution in [0.15, 0.2) is 30.3 Å². The molecule has 4 nitrogen and oxygen atoms in total. The van der Waals surface area contributed by atoms with Crippen LogP contribution < -0.4 is 47.9 Å². The molecular formula is C12H12Li2O4. The molecule has 0 saturated heterocycles. The zero-order valence-electron chi connectivity index (χ0n) is 10.9. The maximum Gasteiger partial charge on any atom is 1.00 e. The predicted molar refractivity (Wildman–Crippen MR) is 53.0 cm³/mol. The molecule has 0 fully saturated rings. The molecule has 0 spiro atoms. The summed E-state index contributed by atoms with van der Waals surface area (Å²) in [6.07, 6.45) is 0.374. The van der Waals surface area contributed by atoms with Crippen molar-refractivity contribution in [3.63, 3.8) is 0 Å². The first-order valence-electron chi connectivity index (χ1n) is 5.04. The first-order chi connectivity index (χ1) is 7.55. The van der Waals surface area contributed by atoms with Crippen LogP contribution in [0.25, 0.3) is 0 Å². The standard InChI is InChI=1S/C12H14O4.2Li/c1-2-8-12(10(13)14,11(15)16)9-6-4-3-5-7-9;;/h3-7H,2,8H2,1H3,(H,13,14)(H,15,16);;/q;2*+1/p-2. The monoisotopic (exact) mass is 234 g/mol. The van der Waals surface area contributed by atoms with Crippen LogP contribution >= 0.6 is 0 Å². The molecule has 86 valence electrons. The van der Waals surface area contributed by atoms with Crippen LogP contribution in [0.3, 0.4) is 0 Å². The van der Waals surface area contributed by atoms with E-state index in [1.54, 1.807) is 25.1 Å². The van der Waals surface area contributed by atoms with Crippen LogP contribution in [0.2, 0.25) is 0 Å². The van der Waals surface area contributed by atoms with Gasteiger partial charge in [-0.15, -0.1) is 0 Å². The molecule has 0 N–H and O–H groups in total. The number of aliphatic carboxylic acids is 2. The Hall–Kier alpha value is -0.645. The molecule has 1 rings (SSSR count). The van der Waals surface area contributed by atoms with Gasteiger partial charge >= 0.3 is 37.7 Å². The molecule has 0 saturated carbocycles. The Morgan fingerprint density at radius 1 is 1.06 bits per heavy atom. The summed E-state index contributed by atoms with van der Waals surface area (Å²) < 4.78 is 0. The van der Waals surface area contributed by atoms with Crippen LogP contribution in [0.1, 0.15) is 25.3 Å². The van der Waals surface area contributed by atoms with Crippen LogP contribution in [0, 0.1) is 0 Å². The summed E-state index contributed by atoms with van der Waals surface area (Å²) in [5, 5.41) is 22.2. The number of hydrogen-bond donors (Lipinski definition) is 0. The first kappa shape index (κ1) is 19.7. The zero-order valence-corrected chi connectivity index (χ0v) is 10.9. The quantitative estimate of drug-likeness (QED) is 0.374. The van der Waals surface area contributed by atoms with E-state index < -0.39 is 17.4 Å². The van der Waals surface area contributed by atoms with Gasteiger partial charge in [-0.2, -0.15) is 0 Å². The minimum atomic E-state index is -2.05. The normalized spacial score (nSPS) is 9.83. The van der Waals surface area contributed by atoms with Gasteiger partial charge in [-0.1, -0.05) is 43.7 Å². The number of carboxylic acids is 2. The largest absolute Gasteiger partial charge is 1.00 e.